The van der Waals surface area contributed by atoms with Gasteiger partial charge < -0.3 is 16.2 Å². The van der Waals surface area contributed by atoms with E-state index in [2.05, 4.69) is 21.2 Å². The predicted octanol–water partition coefficient (Wildman–Crippen LogP) is 2.70. The van der Waals surface area contributed by atoms with Crippen LogP contribution in [-0.4, -0.2) is 29.2 Å². The van der Waals surface area contributed by atoms with Gasteiger partial charge in [-0.3, -0.25) is 9.35 Å². The Balaban J connectivity index is 2.21. The second-order valence-electron chi connectivity index (χ2n) is 5.72. The van der Waals surface area contributed by atoms with Crippen LogP contribution < -0.4 is 11.1 Å². The molecule has 1 heterocycles. The zero-order valence-electron chi connectivity index (χ0n) is 13.3. The van der Waals surface area contributed by atoms with Gasteiger partial charge in [-0.05, 0) is 23.8 Å². The maximum atomic E-state index is 12.9. The fourth-order valence-electron chi connectivity index (χ4n) is 2.72. The summed E-state index contributed by atoms with van der Waals surface area (Å²) in [5.41, 5.74) is 6.55. The number of carbonyl (C=O) groups is 1. The maximum Gasteiger partial charge on any atom is 0.290 e. The molecule has 0 spiro atoms. The zero-order valence-corrected chi connectivity index (χ0v) is 15.7. The highest BCUT2D eigenvalue weighted by atomic mass is 79.9. The Morgan fingerprint density at radius 1 is 1.19 bits per heavy atom. The van der Waals surface area contributed by atoms with Crippen LogP contribution in [0.4, 0.5) is 5.69 Å². The standard InChI is InChI=1S/C17H15BrN2O5S/c18-11-5-6-13-12(7-11)16(22)14(17(20-13)26(23,24)25)15(21)10-3-1-9(8-19)2-4-10/h1-7,17,20-21H,8,19H2,(H,23,24,25). The lowest BCUT2D eigenvalue weighted by molar-refractivity contribution is 0.102. The number of hydrogen-bond donors (Lipinski definition) is 4. The SMILES string of the molecule is NCc1ccc(C(O)=C2C(=O)c3cc(Br)ccc3NC2S(=O)(=O)O)cc1. The Hall–Kier alpha value is -2.20. The highest BCUT2D eigenvalue weighted by molar-refractivity contribution is 9.10. The van der Waals surface area contributed by atoms with Crippen molar-refractivity contribution >= 4 is 43.3 Å². The molecule has 0 saturated heterocycles. The molecule has 3 rings (SSSR count). The topological polar surface area (TPSA) is 130 Å². The van der Waals surface area contributed by atoms with Crippen molar-refractivity contribution in [2.75, 3.05) is 5.32 Å². The minimum atomic E-state index is -4.71. The largest absolute Gasteiger partial charge is 0.507 e. The molecule has 136 valence electrons. The third kappa shape index (κ3) is 3.38. The van der Waals surface area contributed by atoms with Gasteiger partial charge in [0.1, 0.15) is 5.76 Å². The smallest absolute Gasteiger partial charge is 0.290 e. The van der Waals surface area contributed by atoms with E-state index < -0.39 is 32.6 Å². The van der Waals surface area contributed by atoms with Gasteiger partial charge in [-0.1, -0.05) is 40.2 Å². The monoisotopic (exact) mass is 438 g/mol. The molecule has 5 N–H and O–H groups in total. The number of nitrogens with two attached hydrogens (primary N) is 1. The first-order valence-corrected chi connectivity index (χ1v) is 9.81. The molecule has 1 aliphatic rings. The summed E-state index contributed by atoms with van der Waals surface area (Å²) in [6.45, 7) is 0.299. The molecule has 26 heavy (non-hydrogen) atoms. The summed E-state index contributed by atoms with van der Waals surface area (Å²) < 4.78 is 33.8. The Labute approximate surface area is 158 Å². The maximum absolute atomic E-state index is 12.9. The van der Waals surface area contributed by atoms with E-state index in [0.29, 0.717) is 11.0 Å². The highest BCUT2D eigenvalue weighted by Gasteiger charge is 2.40. The van der Waals surface area contributed by atoms with Gasteiger partial charge in [-0.2, -0.15) is 8.42 Å². The molecular weight excluding hydrogens is 424 g/mol. The summed E-state index contributed by atoms with van der Waals surface area (Å²) in [5.74, 6) is -1.22. The Morgan fingerprint density at radius 3 is 2.42 bits per heavy atom. The molecule has 2 aromatic carbocycles. The van der Waals surface area contributed by atoms with Crippen LogP contribution in [-0.2, 0) is 16.7 Å². The second-order valence-corrected chi connectivity index (χ2v) is 8.14. The van der Waals surface area contributed by atoms with Gasteiger partial charge in [0.05, 0.1) is 5.57 Å². The lowest BCUT2D eigenvalue weighted by atomic mass is 9.94. The normalized spacial score (nSPS) is 18.9. The molecule has 7 nitrogen and oxygen atoms in total. The molecule has 1 aliphatic heterocycles. The van der Waals surface area contributed by atoms with E-state index in [1.807, 2.05) is 0 Å². The molecule has 0 bridgehead atoms. The number of aliphatic hydroxyl groups excluding tert-OH is 1. The van der Waals surface area contributed by atoms with Crippen LogP contribution in [0, 0.1) is 0 Å². The minimum Gasteiger partial charge on any atom is -0.507 e. The summed E-state index contributed by atoms with van der Waals surface area (Å²) >= 11 is 3.25. The highest BCUT2D eigenvalue weighted by Crippen LogP contribution is 2.35. The number of halogens is 1. The van der Waals surface area contributed by atoms with Crippen LogP contribution in [0.25, 0.3) is 5.76 Å². The number of carbonyl (C=O) groups excluding carboxylic acids is 1. The lowest BCUT2D eigenvalue weighted by Crippen LogP contribution is -2.39. The minimum absolute atomic E-state index is 0.180. The molecule has 0 saturated carbocycles. The van der Waals surface area contributed by atoms with Crippen molar-refractivity contribution < 1.29 is 22.9 Å². The Bertz CT molecular complexity index is 1020. The van der Waals surface area contributed by atoms with E-state index in [9.17, 15) is 22.9 Å². The first kappa shape index (κ1) is 18.6. The van der Waals surface area contributed by atoms with Crippen LogP contribution >= 0.6 is 15.9 Å². The molecule has 0 radical (unpaired) electrons. The van der Waals surface area contributed by atoms with Crippen molar-refractivity contribution in [3.8, 4) is 0 Å². The quantitative estimate of drug-likeness (QED) is 0.329. The van der Waals surface area contributed by atoms with Crippen molar-refractivity contribution in [2.24, 2.45) is 5.73 Å². The van der Waals surface area contributed by atoms with E-state index in [4.69, 9.17) is 5.73 Å². The third-order valence-corrected chi connectivity index (χ3v) is 5.48. The predicted molar refractivity (Wildman–Crippen MR) is 101 cm³/mol. The van der Waals surface area contributed by atoms with Gasteiger partial charge in [0.2, 0.25) is 0 Å². The van der Waals surface area contributed by atoms with Crippen LogP contribution in [0.2, 0.25) is 0 Å². The summed E-state index contributed by atoms with van der Waals surface area (Å²) in [6.07, 6.45) is 0. The van der Waals surface area contributed by atoms with Gasteiger partial charge in [0, 0.05) is 27.8 Å². The van der Waals surface area contributed by atoms with Gasteiger partial charge in [-0.15, -0.1) is 0 Å². The summed E-state index contributed by atoms with van der Waals surface area (Å²) in [7, 11) is -4.71. The summed E-state index contributed by atoms with van der Waals surface area (Å²) in [6, 6.07) is 11.0. The molecule has 0 fully saturated rings. The van der Waals surface area contributed by atoms with Gasteiger partial charge in [0.25, 0.3) is 10.1 Å². The lowest BCUT2D eigenvalue weighted by Gasteiger charge is -2.27. The van der Waals surface area contributed by atoms with Crippen molar-refractivity contribution in [3.63, 3.8) is 0 Å². The number of ketones is 1. The van der Waals surface area contributed by atoms with Crippen LogP contribution in [0.5, 0.6) is 0 Å². The first-order valence-electron chi connectivity index (χ1n) is 7.52. The van der Waals surface area contributed by atoms with E-state index in [1.54, 1.807) is 18.2 Å². The number of rotatable bonds is 3. The molecule has 1 unspecified atom stereocenters. The average molecular weight is 439 g/mol. The van der Waals surface area contributed by atoms with E-state index in [-0.39, 0.29) is 16.8 Å². The molecular formula is C17H15BrN2O5S. The van der Waals surface area contributed by atoms with Crippen molar-refractivity contribution in [3.05, 3.63) is 69.2 Å². The molecule has 0 aliphatic carbocycles. The average Bonchev–Trinajstić information content (AvgIpc) is 2.61. The van der Waals surface area contributed by atoms with Crippen molar-refractivity contribution in [1.82, 2.24) is 0 Å². The number of nitrogens with one attached hydrogen (secondary N) is 1. The first-order chi connectivity index (χ1) is 12.2. The summed E-state index contributed by atoms with van der Waals surface area (Å²) in [4.78, 5) is 12.9. The second kappa shape index (κ2) is 6.84. The fraction of sp³-hybridized carbons (Fsp3) is 0.118. The van der Waals surface area contributed by atoms with Crippen LogP contribution in [0.3, 0.4) is 0 Å². The van der Waals surface area contributed by atoms with Gasteiger partial charge in [0.15, 0.2) is 11.2 Å². The van der Waals surface area contributed by atoms with Gasteiger partial charge >= 0.3 is 0 Å². The van der Waals surface area contributed by atoms with Crippen molar-refractivity contribution in [1.29, 1.82) is 0 Å². The van der Waals surface area contributed by atoms with Crippen LogP contribution in [0.1, 0.15) is 21.5 Å². The van der Waals surface area contributed by atoms with Crippen LogP contribution in [0.15, 0.2) is 52.5 Å². The van der Waals surface area contributed by atoms with E-state index in [0.717, 1.165) is 5.56 Å². The molecule has 0 aromatic heterocycles. The fourth-order valence-corrected chi connectivity index (χ4v) is 3.87. The number of aliphatic hydroxyl groups is 1. The Morgan fingerprint density at radius 2 is 1.85 bits per heavy atom. The number of anilines is 1. The number of fused-ring (bicyclic) bond motifs is 1. The number of Topliss-reactive ketones (excluding diaryl/α,β-unsaturated/α-hetero) is 1. The third-order valence-electron chi connectivity index (χ3n) is 4.04. The summed E-state index contributed by atoms with van der Waals surface area (Å²) in [5, 5.41) is 11.4. The van der Waals surface area contributed by atoms with E-state index in [1.165, 1.54) is 24.3 Å². The number of benzene rings is 2. The molecule has 1 atom stereocenters. The molecule has 2 aromatic rings. The zero-order chi connectivity index (χ0) is 19.1. The van der Waals surface area contributed by atoms with E-state index >= 15 is 0 Å². The van der Waals surface area contributed by atoms with Crippen molar-refractivity contribution in [2.45, 2.75) is 11.9 Å². The molecule has 0 amide bonds. The molecule has 9 heteroatoms. The number of hydrogen-bond acceptors (Lipinski definition) is 6. The van der Waals surface area contributed by atoms with Gasteiger partial charge in [-0.25, -0.2) is 0 Å². The Kier molecular flexibility index (Phi) is 4.89.